The summed E-state index contributed by atoms with van der Waals surface area (Å²) >= 11 is 0. The van der Waals surface area contributed by atoms with Crippen molar-refractivity contribution >= 4 is 0 Å². The Kier molecular flexibility index (Phi) is 3.39. The van der Waals surface area contributed by atoms with E-state index in [1.165, 1.54) is 6.07 Å². The fourth-order valence-corrected chi connectivity index (χ4v) is 2.16. The molecule has 16 heavy (non-hydrogen) atoms. The van der Waals surface area contributed by atoms with Gasteiger partial charge in [0.25, 0.3) is 0 Å². The zero-order valence-electron chi connectivity index (χ0n) is 8.97. The fraction of sp³-hybridized carbons (Fsp3) is 0.500. The predicted molar refractivity (Wildman–Crippen MR) is 57.3 cm³/mol. The first-order chi connectivity index (χ1) is 7.68. The molecule has 2 N–H and O–H groups in total. The smallest absolute Gasteiger partial charge is 0.165 e. The number of aromatic hydroxyl groups is 1. The quantitative estimate of drug-likeness (QED) is 0.812. The third-order valence-corrected chi connectivity index (χ3v) is 3.06. The summed E-state index contributed by atoms with van der Waals surface area (Å²) in [5.41, 5.74) is 0.105. The first-order valence-corrected chi connectivity index (χ1v) is 5.55. The molecule has 2 nitrogen and oxygen atoms in total. The number of hydrogen-bond donors (Lipinski definition) is 2. The van der Waals surface area contributed by atoms with Crippen molar-refractivity contribution in [3.05, 3.63) is 29.3 Å². The summed E-state index contributed by atoms with van der Waals surface area (Å²) < 4.78 is 26.5. The van der Waals surface area contributed by atoms with E-state index in [0.29, 0.717) is 6.42 Å². The molecule has 4 heteroatoms. The molecule has 1 aliphatic heterocycles. The highest BCUT2D eigenvalue weighted by molar-refractivity contribution is 5.34. The highest BCUT2D eigenvalue weighted by Gasteiger charge is 2.19. The van der Waals surface area contributed by atoms with E-state index in [4.69, 9.17) is 0 Å². The second kappa shape index (κ2) is 4.78. The Balaban J connectivity index is 2.16. The highest BCUT2D eigenvalue weighted by Crippen LogP contribution is 2.27. The summed E-state index contributed by atoms with van der Waals surface area (Å²) in [5.74, 6) is -1.68. The lowest BCUT2D eigenvalue weighted by molar-refractivity contribution is 0.360. The molecule has 0 spiro atoms. The van der Waals surface area contributed by atoms with Crippen LogP contribution in [0.4, 0.5) is 8.78 Å². The van der Waals surface area contributed by atoms with Gasteiger partial charge in [-0.25, -0.2) is 8.78 Å². The Morgan fingerprint density at radius 3 is 2.88 bits per heavy atom. The lowest BCUT2D eigenvalue weighted by Gasteiger charge is -2.23. The first kappa shape index (κ1) is 11.3. The number of rotatable bonds is 2. The van der Waals surface area contributed by atoms with E-state index in [2.05, 4.69) is 5.32 Å². The maximum Gasteiger partial charge on any atom is 0.165 e. The maximum absolute atomic E-state index is 13.5. The number of halogens is 2. The molecule has 1 aromatic carbocycles. The summed E-state index contributed by atoms with van der Waals surface area (Å²) in [4.78, 5) is 0. The van der Waals surface area contributed by atoms with Gasteiger partial charge >= 0.3 is 0 Å². The van der Waals surface area contributed by atoms with E-state index < -0.39 is 11.6 Å². The van der Waals surface area contributed by atoms with Crippen LogP contribution in [0, 0.1) is 17.6 Å². The molecule has 1 aromatic rings. The highest BCUT2D eigenvalue weighted by atomic mass is 19.2. The van der Waals surface area contributed by atoms with E-state index in [1.54, 1.807) is 0 Å². The lowest BCUT2D eigenvalue weighted by atomic mass is 9.91. The molecule has 0 aliphatic carbocycles. The minimum atomic E-state index is -0.912. The lowest BCUT2D eigenvalue weighted by Crippen LogP contribution is -2.31. The average Bonchev–Trinajstić information content (AvgIpc) is 2.31. The molecule has 1 aliphatic rings. The zero-order chi connectivity index (χ0) is 11.5. The topological polar surface area (TPSA) is 32.3 Å². The second-order valence-corrected chi connectivity index (χ2v) is 4.28. The average molecular weight is 227 g/mol. The van der Waals surface area contributed by atoms with Crippen molar-refractivity contribution in [2.45, 2.75) is 19.3 Å². The minimum absolute atomic E-state index is 0.105. The van der Waals surface area contributed by atoms with Gasteiger partial charge < -0.3 is 10.4 Å². The van der Waals surface area contributed by atoms with E-state index in [-0.39, 0.29) is 17.2 Å². The third-order valence-electron chi connectivity index (χ3n) is 3.06. The fourth-order valence-electron chi connectivity index (χ4n) is 2.16. The molecule has 2 rings (SSSR count). The summed E-state index contributed by atoms with van der Waals surface area (Å²) in [5, 5.41) is 12.7. The van der Waals surface area contributed by atoms with Crippen LogP contribution in [0.3, 0.4) is 0 Å². The van der Waals surface area contributed by atoms with Crippen LogP contribution in [-0.2, 0) is 6.42 Å². The van der Waals surface area contributed by atoms with Crippen molar-refractivity contribution in [2.24, 2.45) is 5.92 Å². The molecule has 0 saturated carbocycles. The van der Waals surface area contributed by atoms with Gasteiger partial charge in [0.2, 0.25) is 0 Å². The van der Waals surface area contributed by atoms with Gasteiger partial charge in [-0.15, -0.1) is 0 Å². The summed E-state index contributed by atoms with van der Waals surface area (Å²) in [7, 11) is 0. The standard InChI is InChI=1S/C12H15F2NO/c13-10-3-4-11(16)9(12(10)14)6-8-2-1-5-15-7-8/h3-4,8,15-16H,1-2,5-7H2. The number of benzene rings is 1. The van der Waals surface area contributed by atoms with E-state index >= 15 is 0 Å². The van der Waals surface area contributed by atoms with Crippen LogP contribution in [0.1, 0.15) is 18.4 Å². The Morgan fingerprint density at radius 2 is 2.19 bits per heavy atom. The molecule has 0 amide bonds. The molecular formula is C12H15F2NO. The monoisotopic (exact) mass is 227 g/mol. The number of phenolic OH excluding ortho intramolecular Hbond substituents is 1. The largest absolute Gasteiger partial charge is 0.508 e. The van der Waals surface area contributed by atoms with Gasteiger partial charge in [-0.2, -0.15) is 0 Å². The normalized spacial score (nSPS) is 21.0. The van der Waals surface area contributed by atoms with Gasteiger partial charge in [0.05, 0.1) is 0 Å². The summed E-state index contributed by atoms with van der Waals surface area (Å²) in [6, 6.07) is 2.16. The summed E-state index contributed by atoms with van der Waals surface area (Å²) in [6.45, 7) is 1.78. The molecule has 1 fully saturated rings. The Labute approximate surface area is 93.3 Å². The van der Waals surface area contributed by atoms with Gasteiger partial charge in [-0.05, 0) is 50.4 Å². The Morgan fingerprint density at radius 1 is 1.38 bits per heavy atom. The third kappa shape index (κ3) is 2.32. The van der Waals surface area contributed by atoms with Crippen LogP contribution in [0.15, 0.2) is 12.1 Å². The van der Waals surface area contributed by atoms with Crippen LogP contribution >= 0.6 is 0 Å². The Bertz CT molecular complexity index is 376. The van der Waals surface area contributed by atoms with Crippen molar-refractivity contribution in [3.63, 3.8) is 0 Å². The van der Waals surface area contributed by atoms with E-state index in [1.807, 2.05) is 0 Å². The molecule has 1 atom stereocenters. The number of piperidine rings is 1. The Hall–Kier alpha value is -1.16. The minimum Gasteiger partial charge on any atom is -0.508 e. The van der Waals surface area contributed by atoms with Crippen molar-refractivity contribution in [3.8, 4) is 5.75 Å². The van der Waals surface area contributed by atoms with Gasteiger partial charge in [0.1, 0.15) is 5.75 Å². The molecule has 1 unspecified atom stereocenters. The van der Waals surface area contributed by atoms with Gasteiger partial charge in [-0.3, -0.25) is 0 Å². The van der Waals surface area contributed by atoms with E-state index in [9.17, 15) is 13.9 Å². The van der Waals surface area contributed by atoms with Crippen LogP contribution in [-0.4, -0.2) is 18.2 Å². The predicted octanol–water partition coefficient (Wildman–Crippen LogP) is 2.21. The van der Waals surface area contributed by atoms with Crippen molar-refractivity contribution in [1.82, 2.24) is 5.32 Å². The SMILES string of the molecule is Oc1ccc(F)c(F)c1CC1CCCNC1. The van der Waals surface area contributed by atoms with Crippen molar-refractivity contribution < 1.29 is 13.9 Å². The molecule has 0 radical (unpaired) electrons. The molecule has 88 valence electrons. The second-order valence-electron chi connectivity index (χ2n) is 4.28. The van der Waals surface area contributed by atoms with Crippen LogP contribution in [0.25, 0.3) is 0 Å². The molecule has 1 saturated heterocycles. The van der Waals surface area contributed by atoms with Crippen LogP contribution in [0.5, 0.6) is 5.75 Å². The summed E-state index contributed by atoms with van der Waals surface area (Å²) in [6.07, 6.45) is 2.42. The van der Waals surface area contributed by atoms with Crippen molar-refractivity contribution in [2.75, 3.05) is 13.1 Å². The first-order valence-electron chi connectivity index (χ1n) is 5.55. The van der Waals surface area contributed by atoms with E-state index in [0.717, 1.165) is 32.0 Å². The van der Waals surface area contributed by atoms with Crippen LogP contribution in [0.2, 0.25) is 0 Å². The number of nitrogens with one attached hydrogen (secondary N) is 1. The molecule has 0 bridgehead atoms. The van der Waals surface area contributed by atoms with Crippen LogP contribution < -0.4 is 5.32 Å². The molecular weight excluding hydrogens is 212 g/mol. The number of phenols is 1. The molecule has 1 heterocycles. The zero-order valence-corrected chi connectivity index (χ0v) is 8.97. The van der Waals surface area contributed by atoms with Gasteiger partial charge in [0, 0.05) is 5.56 Å². The molecule has 0 aromatic heterocycles. The van der Waals surface area contributed by atoms with Gasteiger partial charge in [0.15, 0.2) is 11.6 Å². The van der Waals surface area contributed by atoms with Crippen molar-refractivity contribution in [1.29, 1.82) is 0 Å². The maximum atomic E-state index is 13.5. The number of hydrogen-bond acceptors (Lipinski definition) is 2. The van der Waals surface area contributed by atoms with Gasteiger partial charge in [-0.1, -0.05) is 0 Å².